The summed E-state index contributed by atoms with van der Waals surface area (Å²) < 4.78 is 34.4. The average molecular weight is 609 g/mol. The Balaban J connectivity index is 1.30. The molecule has 10 nitrogen and oxygen atoms in total. The summed E-state index contributed by atoms with van der Waals surface area (Å²) in [5.74, 6) is -1.41. The molecule has 3 aliphatic rings. The molecule has 2 aromatic carbocycles. The summed E-state index contributed by atoms with van der Waals surface area (Å²) >= 11 is 13.1. The van der Waals surface area contributed by atoms with Crippen LogP contribution in [0, 0.1) is 0 Å². The van der Waals surface area contributed by atoms with Crippen LogP contribution in [0.15, 0.2) is 36.1 Å². The zero-order valence-electron chi connectivity index (χ0n) is 21.4. The van der Waals surface area contributed by atoms with E-state index in [1.54, 1.807) is 23.1 Å². The fourth-order valence-electron chi connectivity index (χ4n) is 5.03. The molecule has 0 saturated heterocycles. The number of nitrogens with zero attached hydrogens (tertiary/aromatic N) is 1. The van der Waals surface area contributed by atoms with Crippen molar-refractivity contribution in [2.45, 2.75) is 43.7 Å². The lowest BCUT2D eigenvalue weighted by Gasteiger charge is -2.30. The largest absolute Gasteiger partial charge is 0.493 e. The molecule has 3 heterocycles. The number of benzene rings is 2. The fourth-order valence-corrected chi connectivity index (χ4v) is 6.54. The Kier molecular flexibility index (Phi) is 7.73. The van der Waals surface area contributed by atoms with E-state index in [0.29, 0.717) is 36.3 Å². The van der Waals surface area contributed by atoms with Gasteiger partial charge in [0.05, 0.1) is 28.0 Å². The summed E-state index contributed by atoms with van der Waals surface area (Å²) in [5, 5.41) is 12.2. The summed E-state index contributed by atoms with van der Waals surface area (Å²) in [6, 6.07) is 5.59. The van der Waals surface area contributed by atoms with Gasteiger partial charge in [-0.2, -0.15) is 0 Å². The number of carboxylic acid groups (broad SMARTS) is 1. The number of carbonyl (C=O) groups is 3. The highest BCUT2D eigenvalue weighted by molar-refractivity contribution is 7.91. The number of hydrogen-bond acceptors (Lipinski definition) is 7. The lowest BCUT2D eigenvalue weighted by Crippen LogP contribution is -2.41. The topological polar surface area (TPSA) is 139 Å². The van der Waals surface area contributed by atoms with Gasteiger partial charge in [0, 0.05) is 44.2 Å². The number of hydrogen-bond donors (Lipinski definition) is 2. The molecule has 13 heteroatoms. The van der Waals surface area contributed by atoms with Crippen molar-refractivity contribution in [2.24, 2.45) is 0 Å². The van der Waals surface area contributed by atoms with Crippen LogP contribution in [0.4, 0.5) is 0 Å². The summed E-state index contributed by atoms with van der Waals surface area (Å²) in [4.78, 5) is 39.9. The van der Waals surface area contributed by atoms with Crippen LogP contribution in [0.25, 0.3) is 0 Å². The maximum Gasteiger partial charge on any atom is 0.326 e. The molecule has 1 unspecified atom stereocenters. The molecule has 0 spiro atoms. The Labute approximate surface area is 240 Å². The standard InChI is InChI=1S/C27H26Cl2N2O8S/c1-40(36,37)22-5-4-17(39-22)12-20(27(34)35)30-25(32)23-19(28)10-16-13-31(8-6-18(16)24(23)29)26(33)15-3-2-14-7-9-38-21(14)11-15/h2-4,10-11,20,22H,5-9,12-13H2,1H3,(H,30,32)(H,34,35)/t20-,22?/m0/s1. The van der Waals surface area contributed by atoms with Crippen molar-refractivity contribution in [3.05, 3.63) is 74.0 Å². The third kappa shape index (κ3) is 5.63. The Morgan fingerprint density at radius 3 is 2.65 bits per heavy atom. The molecule has 2 amide bonds. The first-order chi connectivity index (χ1) is 18.9. The average Bonchev–Trinajstić information content (AvgIpc) is 3.56. The van der Waals surface area contributed by atoms with Crippen LogP contribution in [0.1, 0.15) is 50.2 Å². The van der Waals surface area contributed by atoms with Crippen molar-refractivity contribution < 1.29 is 37.4 Å². The van der Waals surface area contributed by atoms with E-state index in [2.05, 4.69) is 5.32 Å². The second-order valence-electron chi connectivity index (χ2n) is 9.93. The first kappa shape index (κ1) is 28.3. The SMILES string of the molecule is CS(=O)(=O)C1CC=C(C[C@H](NC(=O)c2c(Cl)cc3c(c2Cl)CCN(C(=O)c2ccc4c(c2)OCC4)C3)C(=O)O)O1. The minimum absolute atomic E-state index is 0.0130. The number of carbonyl (C=O) groups excluding carboxylic acids is 2. The van der Waals surface area contributed by atoms with E-state index >= 15 is 0 Å². The van der Waals surface area contributed by atoms with Gasteiger partial charge < -0.3 is 24.8 Å². The van der Waals surface area contributed by atoms with Crippen molar-refractivity contribution in [3.8, 4) is 5.75 Å². The predicted molar refractivity (Wildman–Crippen MR) is 146 cm³/mol. The van der Waals surface area contributed by atoms with E-state index in [0.717, 1.165) is 24.0 Å². The van der Waals surface area contributed by atoms with E-state index in [-0.39, 0.29) is 46.7 Å². The molecule has 0 bridgehead atoms. The van der Waals surface area contributed by atoms with Crippen LogP contribution in [0.3, 0.4) is 0 Å². The number of aliphatic carboxylic acids is 1. The summed E-state index contributed by atoms with van der Waals surface area (Å²) in [6.45, 7) is 1.19. The third-order valence-electron chi connectivity index (χ3n) is 7.17. The van der Waals surface area contributed by atoms with Crippen molar-refractivity contribution in [1.82, 2.24) is 10.2 Å². The summed E-state index contributed by atoms with van der Waals surface area (Å²) in [6.07, 6.45) is 3.55. The minimum Gasteiger partial charge on any atom is -0.493 e. The van der Waals surface area contributed by atoms with Crippen LogP contribution >= 0.6 is 23.2 Å². The van der Waals surface area contributed by atoms with Crippen molar-refractivity contribution >= 4 is 50.8 Å². The number of nitrogens with one attached hydrogen (secondary N) is 1. The minimum atomic E-state index is -3.48. The molecular weight excluding hydrogens is 583 g/mol. The first-order valence-corrected chi connectivity index (χ1v) is 15.3. The molecule has 212 valence electrons. The lowest BCUT2D eigenvalue weighted by atomic mass is 9.95. The number of carboxylic acids is 1. The fraction of sp³-hybridized carbons (Fsp3) is 0.370. The van der Waals surface area contributed by atoms with E-state index in [9.17, 15) is 27.9 Å². The van der Waals surface area contributed by atoms with E-state index in [1.165, 1.54) is 6.08 Å². The second kappa shape index (κ2) is 10.9. The molecule has 0 aromatic heterocycles. The van der Waals surface area contributed by atoms with Gasteiger partial charge in [0.1, 0.15) is 11.8 Å². The second-order valence-corrected chi connectivity index (χ2v) is 12.9. The Morgan fingerprint density at radius 1 is 1.18 bits per heavy atom. The third-order valence-corrected chi connectivity index (χ3v) is 9.13. The smallest absolute Gasteiger partial charge is 0.326 e. The molecule has 0 saturated carbocycles. The quantitative estimate of drug-likeness (QED) is 0.487. The predicted octanol–water partition coefficient (Wildman–Crippen LogP) is 3.37. The molecule has 40 heavy (non-hydrogen) atoms. The van der Waals surface area contributed by atoms with Crippen LogP contribution in [0.2, 0.25) is 10.0 Å². The number of ether oxygens (including phenoxy) is 2. The van der Waals surface area contributed by atoms with Gasteiger partial charge >= 0.3 is 5.97 Å². The zero-order chi connectivity index (χ0) is 28.8. The molecule has 0 radical (unpaired) electrons. The van der Waals surface area contributed by atoms with Crippen LogP contribution in [-0.4, -0.2) is 67.1 Å². The Hall–Kier alpha value is -3.28. The van der Waals surface area contributed by atoms with Crippen molar-refractivity contribution in [1.29, 1.82) is 0 Å². The Bertz CT molecular complexity index is 1560. The summed E-state index contributed by atoms with van der Waals surface area (Å²) in [7, 11) is -3.48. The highest BCUT2D eigenvalue weighted by Crippen LogP contribution is 2.36. The first-order valence-electron chi connectivity index (χ1n) is 12.6. The van der Waals surface area contributed by atoms with E-state index in [1.807, 2.05) is 6.07 Å². The van der Waals surface area contributed by atoms with Crippen molar-refractivity contribution in [2.75, 3.05) is 19.4 Å². The molecule has 0 fully saturated rings. The number of rotatable bonds is 7. The molecule has 2 N–H and O–H groups in total. The normalized spacial score (nSPS) is 18.6. The number of halogens is 2. The number of fused-ring (bicyclic) bond motifs is 2. The lowest BCUT2D eigenvalue weighted by molar-refractivity contribution is -0.139. The highest BCUT2D eigenvalue weighted by atomic mass is 35.5. The van der Waals surface area contributed by atoms with Gasteiger partial charge in [-0.15, -0.1) is 0 Å². The Morgan fingerprint density at radius 2 is 1.95 bits per heavy atom. The maximum atomic E-state index is 13.2. The zero-order valence-corrected chi connectivity index (χ0v) is 23.7. The maximum absolute atomic E-state index is 13.2. The van der Waals surface area contributed by atoms with Crippen LogP contribution in [0.5, 0.6) is 5.75 Å². The molecule has 3 aliphatic heterocycles. The summed E-state index contributed by atoms with van der Waals surface area (Å²) in [5.41, 5.74) is 1.78. The van der Waals surface area contributed by atoms with Gasteiger partial charge in [-0.25, -0.2) is 13.2 Å². The highest BCUT2D eigenvalue weighted by Gasteiger charge is 2.33. The van der Waals surface area contributed by atoms with Gasteiger partial charge in [-0.05, 0) is 47.4 Å². The van der Waals surface area contributed by atoms with Crippen molar-refractivity contribution in [3.63, 3.8) is 0 Å². The monoisotopic (exact) mass is 608 g/mol. The van der Waals surface area contributed by atoms with Gasteiger partial charge in [0.2, 0.25) is 5.44 Å². The number of sulfone groups is 1. The van der Waals surface area contributed by atoms with Gasteiger partial charge in [0.15, 0.2) is 9.84 Å². The molecular formula is C27H26Cl2N2O8S. The van der Waals surface area contributed by atoms with Crippen LogP contribution in [-0.2, 0) is 38.8 Å². The van der Waals surface area contributed by atoms with Gasteiger partial charge in [0.25, 0.3) is 11.8 Å². The molecule has 0 aliphatic carbocycles. The van der Waals surface area contributed by atoms with E-state index < -0.39 is 33.2 Å². The molecule has 2 aromatic rings. The van der Waals surface area contributed by atoms with Gasteiger partial charge in [-0.1, -0.05) is 29.3 Å². The van der Waals surface area contributed by atoms with E-state index in [4.69, 9.17) is 32.7 Å². The van der Waals surface area contributed by atoms with Gasteiger partial charge in [-0.3, -0.25) is 9.59 Å². The molecule has 5 rings (SSSR count). The molecule has 2 atom stereocenters. The van der Waals surface area contributed by atoms with Crippen LogP contribution < -0.4 is 10.1 Å². The number of amides is 2.